The summed E-state index contributed by atoms with van der Waals surface area (Å²) in [7, 11) is 4.51. The van der Waals surface area contributed by atoms with E-state index in [-0.39, 0.29) is 23.5 Å². The first-order chi connectivity index (χ1) is 15.5. The van der Waals surface area contributed by atoms with E-state index in [0.717, 1.165) is 43.1 Å². The minimum Gasteiger partial charge on any atom is -0.391 e. The third-order valence-electron chi connectivity index (χ3n) is 12.4. The van der Waals surface area contributed by atoms with Gasteiger partial charge in [-0.05, 0) is 119 Å². The van der Waals surface area contributed by atoms with Crippen LogP contribution >= 0.6 is 0 Å². The van der Waals surface area contributed by atoms with Crippen LogP contribution in [0.15, 0.2) is 0 Å². The Morgan fingerprint density at radius 1 is 0.909 bits per heavy atom. The Bertz CT molecular complexity index is 767. The summed E-state index contributed by atoms with van der Waals surface area (Å²) < 4.78 is 0. The van der Waals surface area contributed by atoms with Gasteiger partial charge in [0.05, 0.1) is 18.1 Å². The highest BCUT2D eigenvalue weighted by molar-refractivity contribution is 5.85. The lowest BCUT2D eigenvalue weighted by Crippen LogP contribution is -2.66. The summed E-state index contributed by atoms with van der Waals surface area (Å²) in [5.41, 5.74) is 0.733. The minimum absolute atomic E-state index is 0.0628. The predicted octanol–water partition coefficient (Wildman–Crippen LogP) is 5.05. The fraction of sp³-hybridized carbons (Fsp3) is 0.966. The second-order valence-corrected chi connectivity index (χ2v) is 13.9. The van der Waals surface area contributed by atoms with Gasteiger partial charge in [-0.2, -0.15) is 0 Å². The monoisotopic (exact) mass is 458 g/mol. The molecule has 4 heteroatoms. The molecule has 0 aromatic heterocycles. The second-order valence-electron chi connectivity index (χ2n) is 13.9. The molecule has 1 saturated heterocycles. The van der Waals surface area contributed by atoms with Gasteiger partial charge >= 0.3 is 0 Å². The van der Waals surface area contributed by atoms with Crippen molar-refractivity contribution < 1.29 is 9.90 Å². The predicted molar refractivity (Wildman–Crippen MR) is 134 cm³/mol. The average molecular weight is 459 g/mol. The molecule has 4 aliphatic carbocycles. The zero-order chi connectivity index (χ0) is 23.9. The standard InChI is InChI=1S/C29H50N2O2/c1-17(2)20-16-31(27(20)33)25-13-15-29(5)23-12-14-28(4)21(18(3)30(6)7)10-11-22(28)19(23)8-9-24(29)26(25)32/h17-26,32H,8-16H2,1-7H3/t18-,19+,20-,21+,22+,23+,24-,25-,26+,28+,29-/m0/s1. The summed E-state index contributed by atoms with van der Waals surface area (Å²) in [4.78, 5) is 17.3. The number of hydrogen-bond acceptors (Lipinski definition) is 3. The summed E-state index contributed by atoms with van der Waals surface area (Å²) in [6.07, 6.45) is 9.81. The molecule has 0 aromatic carbocycles. The number of carbonyl (C=O) groups is 1. The fourth-order valence-electron chi connectivity index (χ4n) is 10.1. The van der Waals surface area contributed by atoms with Gasteiger partial charge < -0.3 is 14.9 Å². The molecule has 1 N–H and O–H groups in total. The molecule has 1 heterocycles. The van der Waals surface area contributed by atoms with E-state index < -0.39 is 0 Å². The Hall–Kier alpha value is -0.610. The Balaban J connectivity index is 1.32. The molecule has 0 bridgehead atoms. The molecule has 188 valence electrons. The van der Waals surface area contributed by atoms with Crippen LogP contribution in [-0.4, -0.2) is 59.6 Å². The Kier molecular flexibility index (Phi) is 6.00. The number of hydrogen-bond donors (Lipinski definition) is 1. The lowest BCUT2D eigenvalue weighted by molar-refractivity contribution is -0.185. The summed E-state index contributed by atoms with van der Waals surface area (Å²) in [5, 5.41) is 11.6. The molecule has 5 aliphatic rings. The Morgan fingerprint density at radius 2 is 1.55 bits per heavy atom. The van der Waals surface area contributed by atoms with Gasteiger partial charge in [-0.15, -0.1) is 0 Å². The molecule has 5 fully saturated rings. The van der Waals surface area contributed by atoms with Crippen LogP contribution < -0.4 is 0 Å². The summed E-state index contributed by atoms with van der Waals surface area (Å²) in [5.74, 6) is 4.53. The Morgan fingerprint density at radius 3 is 2.18 bits per heavy atom. The Labute approximate surface area is 202 Å². The third kappa shape index (κ3) is 3.39. The molecule has 5 rings (SSSR count). The number of rotatable bonds is 4. The van der Waals surface area contributed by atoms with E-state index in [0.29, 0.717) is 29.2 Å². The molecule has 1 amide bonds. The van der Waals surface area contributed by atoms with Crippen molar-refractivity contribution >= 4 is 5.91 Å². The maximum absolute atomic E-state index is 12.8. The van der Waals surface area contributed by atoms with Crippen molar-refractivity contribution in [1.82, 2.24) is 9.80 Å². The van der Waals surface area contributed by atoms with Crippen molar-refractivity contribution in [1.29, 1.82) is 0 Å². The number of nitrogens with zero attached hydrogens (tertiary/aromatic N) is 2. The molecule has 1 aliphatic heterocycles. The highest BCUT2D eigenvalue weighted by Gasteiger charge is 2.63. The topological polar surface area (TPSA) is 43.8 Å². The number of fused-ring (bicyclic) bond motifs is 5. The van der Waals surface area contributed by atoms with E-state index in [1.807, 2.05) is 4.90 Å². The smallest absolute Gasteiger partial charge is 0.228 e. The lowest BCUT2D eigenvalue weighted by Gasteiger charge is -2.63. The largest absolute Gasteiger partial charge is 0.391 e. The van der Waals surface area contributed by atoms with Crippen LogP contribution in [0.2, 0.25) is 0 Å². The fourth-order valence-corrected chi connectivity index (χ4v) is 10.1. The zero-order valence-corrected chi connectivity index (χ0v) is 22.4. The zero-order valence-electron chi connectivity index (χ0n) is 22.4. The molecule has 4 saturated carbocycles. The number of β-lactam (4-membered cyclic amide) rings is 1. The summed E-state index contributed by atoms with van der Waals surface area (Å²) in [6.45, 7) is 12.8. The highest BCUT2D eigenvalue weighted by Crippen LogP contribution is 2.68. The van der Waals surface area contributed by atoms with Gasteiger partial charge in [-0.3, -0.25) is 4.79 Å². The van der Waals surface area contributed by atoms with Crippen molar-refractivity contribution in [2.24, 2.45) is 52.3 Å². The van der Waals surface area contributed by atoms with Crippen LogP contribution in [0.4, 0.5) is 0 Å². The van der Waals surface area contributed by atoms with Crippen LogP contribution in [0.1, 0.15) is 86.0 Å². The molecule has 33 heavy (non-hydrogen) atoms. The van der Waals surface area contributed by atoms with E-state index >= 15 is 0 Å². The first-order valence-electron chi connectivity index (χ1n) is 14.2. The highest BCUT2D eigenvalue weighted by atomic mass is 16.3. The third-order valence-corrected chi connectivity index (χ3v) is 12.4. The molecule has 11 atom stereocenters. The van der Waals surface area contributed by atoms with Crippen LogP contribution in [0.3, 0.4) is 0 Å². The molecule has 0 radical (unpaired) electrons. The van der Waals surface area contributed by atoms with E-state index in [1.54, 1.807) is 0 Å². The van der Waals surface area contributed by atoms with E-state index in [9.17, 15) is 9.90 Å². The normalized spacial score (nSPS) is 50.6. The van der Waals surface area contributed by atoms with Gasteiger partial charge in [0.2, 0.25) is 5.91 Å². The van der Waals surface area contributed by atoms with Crippen LogP contribution in [-0.2, 0) is 4.79 Å². The van der Waals surface area contributed by atoms with Gasteiger partial charge in [0.1, 0.15) is 0 Å². The SMILES string of the molecule is CC(C)[C@@H]1CN([C@H]2CC[C@@]3(C)[C@@H]4CC[C@@]5(C)[C@H](CC[C@@H]5[C@H](C)N(C)C)[C@H]4CC[C@H]3[C@H]2O)C1=O. The van der Waals surface area contributed by atoms with Crippen LogP contribution in [0, 0.1) is 52.3 Å². The minimum atomic E-state index is -0.333. The summed E-state index contributed by atoms with van der Waals surface area (Å²) >= 11 is 0. The maximum Gasteiger partial charge on any atom is 0.228 e. The van der Waals surface area contributed by atoms with Crippen LogP contribution in [0.5, 0.6) is 0 Å². The number of carbonyl (C=O) groups excluding carboxylic acids is 1. The van der Waals surface area contributed by atoms with Crippen LogP contribution in [0.25, 0.3) is 0 Å². The summed E-state index contributed by atoms with van der Waals surface area (Å²) in [6, 6.07) is 0.720. The van der Waals surface area contributed by atoms with Crippen molar-refractivity contribution in [3.63, 3.8) is 0 Å². The van der Waals surface area contributed by atoms with Gasteiger partial charge in [-0.1, -0.05) is 27.7 Å². The first-order valence-corrected chi connectivity index (χ1v) is 14.2. The number of amides is 1. The number of aliphatic hydroxyl groups excluding tert-OH is 1. The van der Waals surface area contributed by atoms with Crippen molar-refractivity contribution in [2.45, 2.75) is 104 Å². The molecular weight excluding hydrogens is 408 g/mol. The second kappa shape index (κ2) is 8.22. The van der Waals surface area contributed by atoms with Gasteiger partial charge in [0.25, 0.3) is 0 Å². The number of likely N-dealkylation sites (tertiary alicyclic amines) is 1. The van der Waals surface area contributed by atoms with Gasteiger partial charge in [0.15, 0.2) is 0 Å². The van der Waals surface area contributed by atoms with Crippen molar-refractivity contribution in [3.8, 4) is 0 Å². The average Bonchev–Trinajstić information content (AvgIpc) is 3.10. The number of aliphatic hydroxyl groups is 1. The lowest BCUT2D eigenvalue weighted by atomic mass is 9.44. The maximum atomic E-state index is 12.8. The first kappa shape index (κ1) is 24.1. The molecular formula is C29H50N2O2. The van der Waals surface area contributed by atoms with E-state index in [2.05, 4.69) is 53.6 Å². The van der Waals surface area contributed by atoms with E-state index in [4.69, 9.17) is 0 Å². The molecule has 0 aromatic rings. The van der Waals surface area contributed by atoms with Crippen molar-refractivity contribution in [2.75, 3.05) is 20.6 Å². The van der Waals surface area contributed by atoms with E-state index in [1.165, 1.54) is 38.5 Å². The van der Waals surface area contributed by atoms with Gasteiger partial charge in [-0.25, -0.2) is 0 Å². The molecule has 0 spiro atoms. The molecule has 4 nitrogen and oxygen atoms in total. The van der Waals surface area contributed by atoms with Crippen molar-refractivity contribution in [3.05, 3.63) is 0 Å². The quantitative estimate of drug-likeness (QED) is 0.600. The molecule has 0 unspecified atom stereocenters. The van der Waals surface area contributed by atoms with Gasteiger partial charge in [0, 0.05) is 12.6 Å².